The minimum Gasteiger partial charge on any atom is -0.493 e. The van der Waals surface area contributed by atoms with E-state index in [4.69, 9.17) is 9.84 Å². The number of rotatable bonds is 7. The number of imidazole rings is 1. The SMILES string of the molecule is O=C(O)Cc1ccc(OCCSc2ncc[nH]2)cc1. The maximum absolute atomic E-state index is 10.5. The number of aromatic nitrogens is 2. The van der Waals surface area contributed by atoms with Crippen LogP contribution >= 0.6 is 11.8 Å². The average molecular weight is 278 g/mol. The summed E-state index contributed by atoms with van der Waals surface area (Å²) in [5.74, 6) is 0.711. The predicted octanol–water partition coefficient (Wildman–Crippen LogP) is 2.21. The Bertz CT molecular complexity index is 511. The fourth-order valence-corrected chi connectivity index (χ4v) is 2.15. The molecule has 1 heterocycles. The highest BCUT2D eigenvalue weighted by Crippen LogP contribution is 2.15. The van der Waals surface area contributed by atoms with Crippen molar-refractivity contribution in [1.29, 1.82) is 0 Å². The van der Waals surface area contributed by atoms with E-state index in [1.807, 2.05) is 0 Å². The molecule has 0 aliphatic heterocycles. The number of carbonyl (C=O) groups is 1. The van der Waals surface area contributed by atoms with Crippen LogP contribution in [0.25, 0.3) is 0 Å². The summed E-state index contributed by atoms with van der Waals surface area (Å²) in [6.07, 6.45) is 3.53. The van der Waals surface area contributed by atoms with Gasteiger partial charge < -0.3 is 14.8 Å². The van der Waals surface area contributed by atoms with Gasteiger partial charge in [-0.25, -0.2) is 4.98 Å². The van der Waals surface area contributed by atoms with E-state index in [0.717, 1.165) is 22.2 Å². The molecule has 0 radical (unpaired) electrons. The van der Waals surface area contributed by atoms with Crippen LogP contribution in [0.5, 0.6) is 5.75 Å². The molecule has 19 heavy (non-hydrogen) atoms. The summed E-state index contributed by atoms with van der Waals surface area (Å²) < 4.78 is 5.55. The first-order valence-corrected chi connectivity index (χ1v) is 6.78. The maximum atomic E-state index is 10.5. The predicted molar refractivity (Wildman–Crippen MR) is 72.6 cm³/mol. The molecular formula is C13H14N2O3S. The first kappa shape index (κ1) is 13.5. The monoisotopic (exact) mass is 278 g/mol. The van der Waals surface area contributed by atoms with Gasteiger partial charge in [-0.3, -0.25) is 4.79 Å². The Morgan fingerprint density at radius 3 is 2.79 bits per heavy atom. The van der Waals surface area contributed by atoms with E-state index >= 15 is 0 Å². The van der Waals surface area contributed by atoms with E-state index < -0.39 is 5.97 Å². The fraction of sp³-hybridized carbons (Fsp3) is 0.231. The zero-order valence-corrected chi connectivity index (χ0v) is 11.0. The summed E-state index contributed by atoms with van der Waals surface area (Å²) in [5.41, 5.74) is 0.768. The Kier molecular flexibility index (Phi) is 4.85. The summed E-state index contributed by atoms with van der Waals surface area (Å²) in [6.45, 7) is 0.573. The standard InChI is InChI=1S/C13H14N2O3S/c16-12(17)9-10-1-3-11(4-2-10)18-7-8-19-13-14-5-6-15-13/h1-6H,7-9H2,(H,14,15)(H,16,17). The average Bonchev–Trinajstić information content (AvgIpc) is 2.89. The normalized spacial score (nSPS) is 10.3. The van der Waals surface area contributed by atoms with E-state index in [1.54, 1.807) is 48.4 Å². The lowest BCUT2D eigenvalue weighted by molar-refractivity contribution is -0.136. The number of nitrogens with zero attached hydrogens (tertiary/aromatic N) is 1. The summed E-state index contributed by atoms with van der Waals surface area (Å²) in [7, 11) is 0. The third-order valence-corrected chi connectivity index (χ3v) is 3.21. The Morgan fingerprint density at radius 1 is 1.37 bits per heavy atom. The van der Waals surface area contributed by atoms with Crippen LogP contribution in [0.1, 0.15) is 5.56 Å². The van der Waals surface area contributed by atoms with Crippen LogP contribution < -0.4 is 4.74 Å². The molecule has 0 saturated heterocycles. The molecule has 0 saturated carbocycles. The van der Waals surface area contributed by atoms with Gasteiger partial charge in [0.05, 0.1) is 13.0 Å². The van der Waals surface area contributed by atoms with Crippen molar-refractivity contribution in [2.45, 2.75) is 11.6 Å². The van der Waals surface area contributed by atoms with Gasteiger partial charge in [0.2, 0.25) is 0 Å². The van der Waals surface area contributed by atoms with Gasteiger partial charge in [-0.1, -0.05) is 23.9 Å². The van der Waals surface area contributed by atoms with Gasteiger partial charge in [0.15, 0.2) is 5.16 Å². The molecule has 100 valence electrons. The lowest BCUT2D eigenvalue weighted by atomic mass is 10.1. The van der Waals surface area contributed by atoms with Crippen molar-refractivity contribution < 1.29 is 14.6 Å². The van der Waals surface area contributed by atoms with E-state index in [2.05, 4.69) is 9.97 Å². The number of carboxylic acid groups (broad SMARTS) is 1. The molecule has 2 aromatic rings. The second-order valence-electron chi connectivity index (χ2n) is 3.81. The first-order valence-electron chi connectivity index (χ1n) is 5.80. The lowest BCUT2D eigenvalue weighted by Gasteiger charge is -2.05. The Hall–Kier alpha value is -1.95. The minimum absolute atomic E-state index is 0.0363. The summed E-state index contributed by atoms with van der Waals surface area (Å²) in [6, 6.07) is 7.11. The molecule has 6 heteroatoms. The third kappa shape index (κ3) is 4.67. The maximum Gasteiger partial charge on any atom is 0.307 e. The number of nitrogens with one attached hydrogen (secondary N) is 1. The summed E-state index contributed by atoms with van der Waals surface area (Å²) in [4.78, 5) is 17.6. The number of carboxylic acids is 1. The summed E-state index contributed by atoms with van der Waals surface area (Å²) in [5, 5.41) is 9.53. The van der Waals surface area contributed by atoms with Crippen LogP contribution in [0.4, 0.5) is 0 Å². The van der Waals surface area contributed by atoms with Crippen LogP contribution in [-0.4, -0.2) is 33.4 Å². The molecular weight excluding hydrogens is 264 g/mol. The molecule has 5 nitrogen and oxygen atoms in total. The van der Waals surface area contributed by atoms with Crippen molar-refractivity contribution in [2.24, 2.45) is 0 Å². The van der Waals surface area contributed by atoms with Crippen molar-refractivity contribution in [3.63, 3.8) is 0 Å². The molecule has 0 unspecified atom stereocenters. The molecule has 0 atom stereocenters. The number of hydrogen-bond acceptors (Lipinski definition) is 4. The number of hydrogen-bond donors (Lipinski definition) is 2. The topological polar surface area (TPSA) is 75.2 Å². The molecule has 0 bridgehead atoms. The van der Waals surface area contributed by atoms with Crippen LogP contribution in [0.15, 0.2) is 41.8 Å². The lowest BCUT2D eigenvalue weighted by Crippen LogP contribution is -2.02. The number of aliphatic carboxylic acids is 1. The molecule has 0 fully saturated rings. The van der Waals surface area contributed by atoms with Crippen LogP contribution in [0.2, 0.25) is 0 Å². The zero-order valence-electron chi connectivity index (χ0n) is 10.2. The van der Waals surface area contributed by atoms with Gasteiger partial charge in [0.25, 0.3) is 0 Å². The number of benzene rings is 1. The Balaban J connectivity index is 1.72. The van der Waals surface area contributed by atoms with Gasteiger partial charge in [0.1, 0.15) is 5.75 Å². The van der Waals surface area contributed by atoms with Crippen molar-refractivity contribution in [3.8, 4) is 5.75 Å². The van der Waals surface area contributed by atoms with Gasteiger partial charge in [-0.05, 0) is 17.7 Å². The molecule has 1 aromatic carbocycles. The minimum atomic E-state index is -0.830. The van der Waals surface area contributed by atoms with Crippen molar-refractivity contribution >= 4 is 17.7 Å². The number of thioether (sulfide) groups is 1. The molecule has 0 amide bonds. The van der Waals surface area contributed by atoms with Crippen LogP contribution in [-0.2, 0) is 11.2 Å². The molecule has 1 aromatic heterocycles. The van der Waals surface area contributed by atoms with E-state index in [1.165, 1.54) is 0 Å². The second kappa shape index (κ2) is 6.84. The van der Waals surface area contributed by atoms with E-state index in [-0.39, 0.29) is 6.42 Å². The van der Waals surface area contributed by atoms with Crippen molar-refractivity contribution in [2.75, 3.05) is 12.4 Å². The first-order chi connectivity index (χ1) is 9.24. The number of H-pyrrole nitrogens is 1. The van der Waals surface area contributed by atoms with Gasteiger partial charge in [0, 0.05) is 18.1 Å². The molecule has 0 aliphatic carbocycles. The fourth-order valence-electron chi connectivity index (χ4n) is 1.51. The van der Waals surface area contributed by atoms with Crippen molar-refractivity contribution in [1.82, 2.24) is 9.97 Å². The van der Waals surface area contributed by atoms with Gasteiger partial charge in [-0.2, -0.15) is 0 Å². The highest BCUT2D eigenvalue weighted by molar-refractivity contribution is 7.99. The quantitative estimate of drug-likeness (QED) is 0.600. The largest absolute Gasteiger partial charge is 0.493 e. The Labute approximate surface area is 115 Å². The molecule has 0 aliphatic rings. The van der Waals surface area contributed by atoms with Gasteiger partial charge >= 0.3 is 5.97 Å². The zero-order chi connectivity index (χ0) is 13.5. The Morgan fingerprint density at radius 2 is 2.16 bits per heavy atom. The van der Waals surface area contributed by atoms with Crippen LogP contribution in [0.3, 0.4) is 0 Å². The van der Waals surface area contributed by atoms with E-state index in [9.17, 15) is 4.79 Å². The highest BCUT2D eigenvalue weighted by atomic mass is 32.2. The van der Waals surface area contributed by atoms with E-state index in [0.29, 0.717) is 6.61 Å². The van der Waals surface area contributed by atoms with Gasteiger partial charge in [-0.15, -0.1) is 0 Å². The highest BCUT2D eigenvalue weighted by Gasteiger charge is 2.01. The van der Waals surface area contributed by atoms with Crippen LogP contribution in [0, 0.1) is 0 Å². The third-order valence-electron chi connectivity index (χ3n) is 2.34. The number of ether oxygens (including phenoxy) is 1. The van der Waals surface area contributed by atoms with Crippen molar-refractivity contribution in [3.05, 3.63) is 42.2 Å². The second-order valence-corrected chi connectivity index (χ2v) is 4.89. The molecule has 2 rings (SSSR count). The molecule has 0 spiro atoms. The molecule has 2 N–H and O–H groups in total. The summed E-state index contributed by atoms with van der Waals surface area (Å²) >= 11 is 1.59. The number of aromatic amines is 1. The smallest absolute Gasteiger partial charge is 0.307 e.